The molecule has 0 bridgehead atoms. The summed E-state index contributed by atoms with van der Waals surface area (Å²) in [7, 11) is 0. The lowest BCUT2D eigenvalue weighted by atomic mass is 10.1. The second-order valence-corrected chi connectivity index (χ2v) is 6.18. The summed E-state index contributed by atoms with van der Waals surface area (Å²) in [6.07, 6.45) is 0. The van der Waals surface area contributed by atoms with Crippen LogP contribution in [0.2, 0.25) is 0 Å². The summed E-state index contributed by atoms with van der Waals surface area (Å²) >= 11 is 3.27. The van der Waals surface area contributed by atoms with Crippen LogP contribution in [0.5, 0.6) is 0 Å². The molecule has 24 heavy (non-hydrogen) atoms. The van der Waals surface area contributed by atoms with E-state index >= 15 is 0 Å². The molecule has 1 heterocycles. The largest absolute Gasteiger partial charge is 0.348 e. The van der Waals surface area contributed by atoms with Crippen molar-refractivity contribution in [2.45, 2.75) is 20.0 Å². The number of aryl methyl sites for hydroxylation is 1. The minimum Gasteiger partial charge on any atom is -0.348 e. The van der Waals surface area contributed by atoms with Crippen LogP contribution in [0.1, 0.15) is 22.8 Å². The van der Waals surface area contributed by atoms with Gasteiger partial charge in [-0.15, -0.1) is 0 Å². The average molecular weight is 392 g/mol. The van der Waals surface area contributed by atoms with Crippen molar-refractivity contribution in [3.05, 3.63) is 68.3 Å². The summed E-state index contributed by atoms with van der Waals surface area (Å²) in [5.74, 6) is -0.606. The zero-order valence-electron chi connectivity index (χ0n) is 12.9. The highest BCUT2D eigenvalue weighted by molar-refractivity contribution is 9.10. The SMILES string of the molecule is CCn1c(=O)[nH]c2cc(C(=O)NCc3ccc(F)cc3Br)ccc21. The van der Waals surface area contributed by atoms with E-state index in [2.05, 4.69) is 26.2 Å². The Balaban J connectivity index is 1.80. The van der Waals surface area contributed by atoms with Gasteiger partial charge in [-0.05, 0) is 42.8 Å². The topological polar surface area (TPSA) is 66.9 Å². The summed E-state index contributed by atoms with van der Waals surface area (Å²) in [6, 6.07) is 9.39. The van der Waals surface area contributed by atoms with Crippen LogP contribution in [0.15, 0.2) is 45.7 Å². The molecule has 0 aliphatic heterocycles. The molecule has 1 aromatic heterocycles. The van der Waals surface area contributed by atoms with Gasteiger partial charge >= 0.3 is 5.69 Å². The predicted octanol–water partition coefficient (Wildman–Crippen LogP) is 3.18. The normalized spacial score (nSPS) is 11.0. The molecule has 124 valence electrons. The first-order valence-electron chi connectivity index (χ1n) is 7.44. The number of amides is 1. The minimum absolute atomic E-state index is 0.194. The summed E-state index contributed by atoms with van der Waals surface area (Å²) < 4.78 is 15.3. The van der Waals surface area contributed by atoms with Crippen molar-refractivity contribution < 1.29 is 9.18 Å². The zero-order valence-corrected chi connectivity index (χ0v) is 14.5. The molecule has 2 aromatic carbocycles. The molecule has 0 unspecified atom stereocenters. The maximum atomic E-state index is 13.1. The number of hydrogen-bond donors (Lipinski definition) is 2. The monoisotopic (exact) mass is 391 g/mol. The van der Waals surface area contributed by atoms with Gasteiger partial charge in [-0.25, -0.2) is 9.18 Å². The van der Waals surface area contributed by atoms with Gasteiger partial charge in [-0.1, -0.05) is 22.0 Å². The number of rotatable bonds is 4. The molecule has 7 heteroatoms. The van der Waals surface area contributed by atoms with E-state index in [1.807, 2.05) is 6.92 Å². The van der Waals surface area contributed by atoms with Crippen LogP contribution in [-0.2, 0) is 13.1 Å². The van der Waals surface area contributed by atoms with E-state index in [4.69, 9.17) is 0 Å². The van der Waals surface area contributed by atoms with Gasteiger partial charge in [0, 0.05) is 23.1 Å². The number of aromatic nitrogens is 2. The first-order chi connectivity index (χ1) is 11.5. The van der Waals surface area contributed by atoms with Gasteiger partial charge in [0.1, 0.15) is 5.82 Å². The van der Waals surface area contributed by atoms with Crippen molar-refractivity contribution in [2.24, 2.45) is 0 Å². The number of benzene rings is 2. The lowest BCUT2D eigenvalue weighted by Crippen LogP contribution is -2.23. The molecule has 0 aliphatic rings. The third-order valence-corrected chi connectivity index (χ3v) is 4.55. The molecule has 0 radical (unpaired) electrons. The minimum atomic E-state index is -0.341. The molecule has 0 atom stereocenters. The highest BCUT2D eigenvalue weighted by Crippen LogP contribution is 2.18. The van der Waals surface area contributed by atoms with Crippen LogP contribution >= 0.6 is 15.9 Å². The number of imidazole rings is 1. The molecule has 0 saturated heterocycles. The van der Waals surface area contributed by atoms with Gasteiger partial charge in [-0.2, -0.15) is 0 Å². The number of hydrogen-bond acceptors (Lipinski definition) is 2. The number of carbonyl (C=O) groups is 1. The molecule has 0 fully saturated rings. The molecule has 0 saturated carbocycles. The van der Waals surface area contributed by atoms with Crippen LogP contribution < -0.4 is 11.0 Å². The first kappa shape index (κ1) is 16.4. The Morgan fingerprint density at radius 1 is 1.29 bits per heavy atom. The Morgan fingerprint density at radius 3 is 2.79 bits per heavy atom. The number of carbonyl (C=O) groups excluding carboxylic acids is 1. The molecule has 1 amide bonds. The van der Waals surface area contributed by atoms with Crippen LogP contribution in [0.4, 0.5) is 4.39 Å². The number of aromatic amines is 1. The van der Waals surface area contributed by atoms with E-state index in [1.165, 1.54) is 12.1 Å². The Morgan fingerprint density at radius 2 is 2.08 bits per heavy atom. The van der Waals surface area contributed by atoms with Crippen molar-refractivity contribution in [3.63, 3.8) is 0 Å². The fourth-order valence-corrected chi connectivity index (χ4v) is 3.05. The number of nitrogens with one attached hydrogen (secondary N) is 2. The van der Waals surface area contributed by atoms with Crippen LogP contribution in [0.25, 0.3) is 11.0 Å². The summed E-state index contributed by atoms with van der Waals surface area (Å²) in [5.41, 5.74) is 2.42. The van der Waals surface area contributed by atoms with Gasteiger partial charge in [0.05, 0.1) is 11.0 Å². The highest BCUT2D eigenvalue weighted by atomic mass is 79.9. The summed E-state index contributed by atoms with van der Waals surface area (Å²) in [4.78, 5) is 26.8. The van der Waals surface area contributed by atoms with Gasteiger partial charge in [0.2, 0.25) is 0 Å². The molecule has 0 aliphatic carbocycles. The van der Waals surface area contributed by atoms with Crippen molar-refractivity contribution in [3.8, 4) is 0 Å². The Bertz CT molecular complexity index is 978. The van der Waals surface area contributed by atoms with Crippen LogP contribution in [0, 0.1) is 5.82 Å². The average Bonchev–Trinajstić information content (AvgIpc) is 2.87. The number of nitrogens with zero attached hydrogens (tertiary/aromatic N) is 1. The lowest BCUT2D eigenvalue weighted by molar-refractivity contribution is 0.0951. The maximum Gasteiger partial charge on any atom is 0.326 e. The smallest absolute Gasteiger partial charge is 0.326 e. The Labute approximate surface area is 145 Å². The van der Waals surface area contributed by atoms with E-state index in [1.54, 1.807) is 28.8 Å². The summed E-state index contributed by atoms with van der Waals surface area (Å²) in [6.45, 7) is 2.71. The quantitative estimate of drug-likeness (QED) is 0.716. The molecular formula is C17H15BrFN3O2. The fraction of sp³-hybridized carbons (Fsp3) is 0.176. The Hall–Kier alpha value is -2.41. The van der Waals surface area contributed by atoms with Gasteiger partial charge in [0.15, 0.2) is 0 Å². The van der Waals surface area contributed by atoms with Crippen molar-refractivity contribution in [1.29, 1.82) is 0 Å². The van der Waals surface area contributed by atoms with Crippen molar-refractivity contribution >= 4 is 32.9 Å². The van der Waals surface area contributed by atoms with E-state index < -0.39 is 0 Å². The first-order valence-corrected chi connectivity index (χ1v) is 8.23. The van der Waals surface area contributed by atoms with Gasteiger partial charge in [-0.3, -0.25) is 9.36 Å². The van der Waals surface area contributed by atoms with Gasteiger partial charge < -0.3 is 10.3 Å². The molecule has 0 spiro atoms. The predicted molar refractivity (Wildman–Crippen MR) is 93.5 cm³/mol. The molecule has 3 aromatic rings. The molecule has 5 nitrogen and oxygen atoms in total. The Kier molecular flexibility index (Phi) is 4.53. The second-order valence-electron chi connectivity index (χ2n) is 5.32. The molecule has 3 rings (SSSR count). The third kappa shape index (κ3) is 3.12. The standard InChI is InChI=1S/C17H15BrFN3O2/c1-2-22-15-6-4-10(7-14(15)21-17(22)24)16(23)20-9-11-3-5-12(19)8-13(11)18/h3-8H,2,9H2,1H3,(H,20,23)(H,21,24). The van der Waals surface area contributed by atoms with E-state index in [9.17, 15) is 14.0 Å². The fourth-order valence-electron chi connectivity index (χ4n) is 2.56. The molecule has 2 N–H and O–H groups in total. The number of halogens is 2. The number of fused-ring (bicyclic) bond motifs is 1. The molecular weight excluding hydrogens is 377 g/mol. The van der Waals surface area contributed by atoms with E-state index in [0.29, 0.717) is 22.1 Å². The highest BCUT2D eigenvalue weighted by Gasteiger charge is 2.11. The van der Waals surface area contributed by atoms with Gasteiger partial charge in [0.25, 0.3) is 5.91 Å². The zero-order chi connectivity index (χ0) is 17.3. The number of H-pyrrole nitrogens is 1. The maximum absolute atomic E-state index is 13.1. The third-order valence-electron chi connectivity index (χ3n) is 3.81. The van der Waals surface area contributed by atoms with Crippen molar-refractivity contribution in [2.75, 3.05) is 0 Å². The van der Waals surface area contributed by atoms with Crippen LogP contribution in [-0.4, -0.2) is 15.5 Å². The van der Waals surface area contributed by atoms with E-state index in [0.717, 1.165) is 11.1 Å². The lowest BCUT2D eigenvalue weighted by Gasteiger charge is -2.08. The van der Waals surface area contributed by atoms with Crippen molar-refractivity contribution in [1.82, 2.24) is 14.9 Å². The van der Waals surface area contributed by atoms with Crippen LogP contribution in [0.3, 0.4) is 0 Å². The second kappa shape index (κ2) is 6.60. The summed E-state index contributed by atoms with van der Waals surface area (Å²) in [5, 5.41) is 2.79. The van der Waals surface area contributed by atoms with E-state index in [-0.39, 0.29) is 24.0 Å².